The van der Waals surface area contributed by atoms with Crippen LogP contribution in [0, 0.1) is 12.1 Å². The standard InChI is InChI=1S/C15H16N4O4/c1-11-13(16-23-19(11)22)15(21)18-9-7-17(8-10-18)14(20)12-5-3-2-4-6-12/h2-6H,7-10H2,1H3. The third-order valence-corrected chi connectivity index (χ3v) is 3.90. The van der Waals surface area contributed by atoms with Gasteiger partial charge in [0.25, 0.3) is 5.91 Å². The van der Waals surface area contributed by atoms with Crippen LogP contribution in [0.1, 0.15) is 26.5 Å². The second-order valence-corrected chi connectivity index (χ2v) is 5.31. The quantitative estimate of drug-likeness (QED) is 0.739. The molecule has 0 N–H and O–H groups in total. The van der Waals surface area contributed by atoms with E-state index in [-0.39, 0.29) is 28.1 Å². The molecule has 3 rings (SSSR count). The minimum absolute atomic E-state index is 0.0165. The maximum Gasteiger partial charge on any atom is 0.308 e. The molecule has 0 unspecified atom stereocenters. The molecule has 2 aromatic rings. The molecular formula is C15H16N4O4. The van der Waals surface area contributed by atoms with Gasteiger partial charge in [-0.2, -0.15) is 0 Å². The average Bonchev–Trinajstić information content (AvgIpc) is 2.94. The Morgan fingerprint density at radius 1 is 1.09 bits per heavy atom. The predicted octanol–water partition coefficient (Wildman–Crippen LogP) is 0.215. The molecule has 1 aromatic carbocycles. The summed E-state index contributed by atoms with van der Waals surface area (Å²) < 4.78 is 4.42. The van der Waals surface area contributed by atoms with Gasteiger partial charge in [0.15, 0.2) is 0 Å². The highest BCUT2D eigenvalue weighted by Crippen LogP contribution is 2.11. The summed E-state index contributed by atoms with van der Waals surface area (Å²) in [6.45, 7) is 3.14. The molecule has 2 heterocycles. The summed E-state index contributed by atoms with van der Waals surface area (Å²) in [6, 6.07) is 9.03. The van der Waals surface area contributed by atoms with E-state index >= 15 is 0 Å². The number of amides is 2. The first-order valence-electron chi connectivity index (χ1n) is 7.28. The normalized spacial score (nSPS) is 14.8. The van der Waals surface area contributed by atoms with Crippen LogP contribution in [0.4, 0.5) is 0 Å². The molecular weight excluding hydrogens is 300 g/mol. The molecule has 1 aliphatic rings. The van der Waals surface area contributed by atoms with Crippen molar-refractivity contribution in [2.75, 3.05) is 26.2 Å². The number of hydrogen-bond acceptors (Lipinski definition) is 5. The van der Waals surface area contributed by atoms with Gasteiger partial charge in [-0.25, -0.2) is 0 Å². The number of aromatic nitrogens is 2. The van der Waals surface area contributed by atoms with E-state index in [1.807, 2.05) is 18.2 Å². The first-order valence-corrected chi connectivity index (χ1v) is 7.28. The maximum absolute atomic E-state index is 12.4. The van der Waals surface area contributed by atoms with Gasteiger partial charge < -0.3 is 15.0 Å². The van der Waals surface area contributed by atoms with Crippen molar-refractivity contribution in [3.63, 3.8) is 0 Å². The fourth-order valence-electron chi connectivity index (χ4n) is 2.51. The molecule has 23 heavy (non-hydrogen) atoms. The fourth-order valence-corrected chi connectivity index (χ4v) is 2.51. The Kier molecular flexibility index (Phi) is 3.96. The van der Waals surface area contributed by atoms with Gasteiger partial charge in [0.2, 0.25) is 5.69 Å². The van der Waals surface area contributed by atoms with E-state index in [1.54, 1.807) is 21.9 Å². The van der Waals surface area contributed by atoms with E-state index in [9.17, 15) is 14.8 Å². The second kappa shape index (κ2) is 6.07. The molecule has 0 aliphatic carbocycles. The lowest BCUT2D eigenvalue weighted by Crippen LogP contribution is -2.50. The molecule has 8 nitrogen and oxygen atoms in total. The molecule has 0 saturated carbocycles. The Hall–Kier alpha value is -2.90. The number of hydrogen-bond donors (Lipinski definition) is 0. The first kappa shape index (κ1) is 15.0. The monoisotopic (exact) mass is 316 g/mol. The van der Waals surface area contributed by atoms with Crippen molar-refractivity contribution in [3.8, 4) is 0 Å². The van der Waals surface area contributed by atoms with Gasteiger partial charge in [0.1, 0.15) is 0 Å². The van der Waals surface area contributed by atoms with Gasteiger partial charge >= 0.3 is 11.6 Å². The zero-order valence-electron chi connectivity index (χ0n) is 12.6. The number of carbonyl (C=O) groups is 2. The minimum Gasteiger partial charge on any atom is -0.359 e. The second-order valence-electron chi connectivity index (χ2n) is 5.31. The van der Waals surface area contributed by atoms with E-state index in [0.29, 0.717) is 31.7 Å². The van der Waals surface area contributed by atoms with Crippen LogP contribution in [0.2, 0.25) is 0 Å². The number of benzene rings is 1. The molecule has 1 fully saturated rings. The summed E-state index contributed by atoms with van der Waals surface area (Å²) >= 11 is 0. The summed E-state index contributed by atoms with van der Waals surface area (Å²) in [6.07, 6.45) is 0. The van der Waals surface area contributed by atoms with Gasteiger partial charge in [0, 0.05) is 38.7 Å². The highest BCUT2D eigenvalue weighted by molar-refractivity contribution is 5.95. The number of nitrogens with zero attached hydrogens (tertiary/aromatic N) is 4. The van der Waals surface area contributed by atoms with E-state index in [0.717, 1.165) is 0 Å². The predicted molar refractivity (Wildman–Crippen MR) is 78.4 cm³/mol. The number of rotatable bonds is 2. The lowest BCUT2D eigenvalue weighted by atomic mass is 10.2. The SMILES string of the molecule is Cc1c(C(=O)N2CCN(C(=O)c3ccccc3)CC2)no[n+]1[O-]. The number of piperazine rings is 1. The molecule has 8 heteroatoms. The van der Waals surface area contributed by atoms with E-state index < -0.39 is 0 Å². The van der Waals surface area contributed by atoms with Gasteiger partial charge in [-0.3, -0.25) is 14.2 Å². The zero-order chi connectivity index (χ0) is 16.4. The van der Waals surface area contributed by atoms with Crippen molar-refractivity contribution in [1.29, 1.82) is 0 Å². The Morgan fingerprint density at radius 2 is 1.65 bits per heavy atom. The smallest absolute Gasteiger partial charge is 0.308 e. The van der Waals surface area contributed by atoms with Crippen LogP contribution in [0.3, 0.4) is 0 Å². The largest absolute Gasteiger partial charge is 0.359 e. The molecule has 2 amide bonds. The summed E-state index contributed by atoms with van der Waals surface area (Å²) in [5, 5.41) is 14.7. The van der Waals surface area contributed by atoms with Crippen LogP contribution in [-0.4, -0.2) is 52.9 Å². The van der Waals surface area contributed by atoms with Crippen LogP contribution >= 0.6 is 0 Å². The molecule has 120 valence electrons. The molecule has 0 bridgehead atoms. The van der Waals surface area contributed by atoms with Gasteiger partial charge in [-0.05, 0) is 17.0 Å². The first-order chi connectivity index (χ1) is 11.1. The highest BCUT2D eigenvalue weighted by atomic mass is 16.8. The van der Waals surface area contributed by atoms with Crippen LogP contribution in [0.15, 0.2) is 35.0 Å². The molecule has 0 spiro atoms. The topological polar surface area (TPSA) is 93.6 Å². The molecule has 1 saturated heterocycles. The average molecular weight is 316 g/mol. The van der Waals surface area contributed by atoms with Crippen molar-refractivity contribution in [1.82, 2.24) is 15.0 Å². The highest BCUT2D eigenvalue weighted by Gasteiger charge is 2.31. The van der Waals surface area contributed by atoms with Crippen molar-refractivity contribution in [2.45, 2.75) is 6.92 Å². The van der Waals surface area contributed by atoms with E-state index in [1.165, 1.54) is 6.92 Å². The lowest BCUT2D eigenvalue weighted by Gasteiger charge is -2.34. The molecule has 1 aliphatic heterocycles. The maximum atomic E-state index is 12.4. The Labute approximate surface area is 132 Å². The summed E-state index contributed by atoms with van der Waals surface area (Å²) in [4.78, 5) is 28.2. The van der Waals surface area contributed by atoms with Crippen LogP contribution in [0.5, 0.6) is 0 Å². The molecule has 0 atom stereocenters. The number of carbonyl (C=O) groups excluding carboxylic acids is 2. The molecule has 0 radical (unpaired) electrons. The third kappa shape index (κ3) is 2.87. The van der Waals surface area contributed by atoms with E-state index in [2.05, 4.69) is 9.79 Å². The van der Waals surface area contributed by atoms with Crippen LogP contribution in [-0.2, 0) is 0 Å². The lowest BCUT2D eigenvalue weighted by molar-refractivity contribution is -0.806. The van der Waals surface area contributed by atoms with Gasteiger partial charge in [-0.15, -0.1) is 0 Å². The summed E-state index contributed by atoms with van der Waals surface area (Å²) in [5.74, 6) is -0.402. The van der Waals surface area contributed by atoms with Crippen molar-refractivity contribution >= 4 is 11.8 Å². The zero-order valence-corrected chi connectivity index (χ0v) is 12.6. The van der Waals surface area contributed by atoms with Crippen molar-refractivity contribution in [3.05, 3.63) is 52.5 Å². The van der Waals surface area contributed by atoms with Crippen LogP contribution in [0.25, 0.3) is 0 Å². The summed E-state index contributed by atoms with van der Waals surface area (Å²) in [7, 11) is 0. The molecule has 1 aromatic heterocycles. The Morgan fingerprint density at radius 3 is 2.17 bits per heavy atom. The third-order valence-electron chi connectivity index (χ3n) is 3.90. The summed E-state index contributed by atoms with van der Waals surface area (Å²) in [5.41, 5.74) is 0.785. The van der Waals surface area contributed by atoms with Gasteiger partial charge in [0.05, 0.1) is 5.16 Å². The minimum atomic E-state index is -0.354. The van der Waals surface area contributed by atoms with Gasteiger partial charge in [-0.1, -0.05) is 18.2 Å². The van der Waals surface area contributed by atoms with E-state index in [4.69, 9.17) is 0 Å². The Bertz CT molecular complexity index is 720. The Balaban J connectivity index is 1.63. The van der Waals surface area contributed by atoms with Crippen molar-refractivity contribution in [2.24, 2.45) is 0 Å². The van der Waals surface area contributed by atoms with Crippen molar-refractivity contribution < 1.29 is 19.1 Å². The van der Waals surface area contributed by atoms with Crippen LogP contribution < -0.4 is 4.90 Å². The fraction of sp³-hybridized carbons (Fsp3) is 0.333.